The smallest absolute Gasteiger partial charge is 0.319 e. The van der Waals surface area contributed by atoms with Crippen LogP contribution in [0.2, 0.25) is 0 Å². The summed E-state index contributed by atoms with van der Waals surface area (Å²) in [6.45, 7) is 10.1. The molecule has 1 aliphatic rings. The standard InChI is InChI=1S/C24H30N2O4/c1-13(2)17-6-8-18(9-7-17)19-12-30-23-20(16(5)28)14(3)22(15(4)21(19)23)26-24(29)25-10-11-27/h6-9,13,19,27H,10-12H2,1-5H3,(H2,25,26,29). The number of anilines is 1. The van der Waals surface area contributed by atoms with Crippen LogP contribution in [-0.4, -0.2) is 36.7 Å². The van der Waals surface area contributed by atoms with Crippen LogP contribution in [-0.2, 0) is 0 Å². The van der Waals surface area contributed by atoms with E-state index < -0.39 is 6.03 Å². The summed E-state index contributed by atoms with van der Waals surface area (Å²) >= 11 is 0. The third-order valence-electron chi connectivity index (χ3n) is 5.74. The summed E-state index contributed by atoms with van der Waals surface area (Å²) in [5.74, 6) is 0.962. The van der Waals surface area contributed by atoms with Crippen LogP contribution in [0.5, 0.6) is 5.75 Å². The molecule has 1 aliphatic heterocycles. The predicted molar refractivity (Wildman–Crippen MR) is 118 cm³/mol. The summed E-state index contributed by atoms with van der Waals surface area (Å²) in [6.07, 6.45) is 0. The van der Waals surface area contributed by atoms with Crippen molar-refractivity contribution in [3.05, 3.63) is 57.6 Å². The Bertz CT molecular complexity index is 964. The highest BCUT2D eigenvalue weighted by atomic mass is 16.5. The van der Waals surface area contributed by atoms with Gasteiger partial charge in [-0.3, -0.25) is 4.79 Å². The van der Waals surface area contributed by atoms with E-state index in [-0.39, 0.29) is 24.9 Å². The molecule has 6 heteroatoms. The van der Waals surface area contributed by atoms with Crippen molar-refractivity contribution in [1.82, 2.24) is 5.32 Å². The number of hydrogen-bond donors (Lipinski definition) is 3. The molecule has 3 N–H and O–H groups in total. The molecule has 3 rings (SSSR count). The molecule has 0 bridgehead atoms. The van der Waals surface area contributed by atoms with E-state index in [1.165, 1.54) is 12.5 Å². The molecule has 1 atom stereocenters. The number of Topliss-reactive ketones (excluding diaryl/α,β-unsaturated/α-hetero) is 1. The zero-order valence-electron chi connectivity index (χ0n) is 18.3. The molecule has 0 aliphatic carbocycles. The lowest BCUT2D eigenvalue weighted by molar-refractivity contribution is 0.101. The minimum absolute atomic E-state index is 0.0130. The SMILES string of the molecule is CC(=O)c1c(C)c(NC(=O)NCCO)c(C)c2c1OCC2c1ccc(C(C)C)cc1. The Morgan fingerprint density at radius 1 is 1.17 bits per heavy atom. The maximum Gasteiger partial charge on any atom is 0.319 e. The largest absolute Gasteiger partial charge is 0.491 e. The third-order valence-corrected chi connectivity index (χ3v) is 5.74. The molecule has 2 amide bonds. The van der Waals surface area contributed by atoms with Crippen molar-refractivity contribution in [2.45, 2.75) is 46.5 Å². The Balaban J connectivity index is 2.09. The molecule has 0 saturated heterocycles. The Morgan fingerprint density at radius 3 is 2.40 bits per heavy atom. The second-order valence-electron chi connectivity index (χ2n) is 8.09. The molecule has 0 spiro atoms. The molecule has 160 valence electrons. The van der Waals surface area contributed by atoms with Gasteiger partial charge in [-0.05, 0) is 48.9 Å². The van der Waals surface area contributed by atoms with Gasteiger partial charge < -0.3 is 20.5 Å². The molecule has 0 aromatic heterocycles. The molecule has 0 fully saturated rings. The van der Waals surface area contributed by atoms with Crippen LogP contribution in [0.25, 0.3) is 0 Å². The minimum atomic E-state index is -0.415. The molecule has 6 nitrogen and oxygen atoms in total. The van der Waals surface area contributed by atoms with Crippen LogP contribution < -0.4 is 15.4 Å². The summed E-state index contributed by atoms with van der Waals surface area (Å²) in [7, 11) is 0. The highest BCUT2D eigenvalue weighted by Gasteiger charge is 2.34. The lowest BCUT2D eigenvalue weighted by Crippen LogP contribution is -2.31. The summed E-state index contributed by atoms with van der Waals surface area (Å²) in [4.78, 5) is 24.7. The quantitative estimate of drug-likeness (QED) is 0.621. The highest BCUT2D eigenvalue weighted by molar-refractivity contribution is 6.03. The molecule has 2 aromatic carbocycles. The molecule has 2 aromatic rings. The van der Waals surface area contributed by atoms with Crippen molar-refractivity contribution < 1.29 is 19.4 Å². The number of ether oxygens (including phenoxy) is 1. The average molecular weight is 411 g/mol. The van der Waals surface area contributed by atoms with Crippen LogP contribution in [0.1, 0.15) is 70.8 Å². The van der Waals surface area contributed by atoms with Gasteiger partial charge in [0.25, 0.3) is 0 Å². The van der Waals surface area contributed by atoms with Crippen molar-refractivity contribution in [3.8, 4) is 5.75 Å². The third kappa shape index (κ3) is 4.05. The van der Waals surface area contributed by atoms with Gasteiger partial charge in [0.05, 0.1) is 18.8 Å². The first-order valence-corrected chi connectivity index (χ1v) is 10.3. The number of amides is 2. The average Bonchev–Trinajstić information content (AvgIpc) is 3.14. The molecule has 1 unspecified atom stereocenters. The summed E-state index contributed by atoms with van der Waals surface area (Å²) < 4.78 is 6.04. The predicted octanol–water partition coefficient (Wildman–Crippen LogP) is 4.27. The number of hydrogen-bond acceptors (Lipinski definition) is 4. The van der Waals surface area contributed by atoms with Crippen molar-refractivity contribution in [3.63, 3.8) is 0 Å². The highest BCUT2D eigenvalue weighted by Crippen LogP contribution is 2.47. The topological polar surface area (TPSA) is 87.7 Å². The van der Waals surface area contributed by atoms with Gasteiger partial charge in [0.15, 0.2) is 5.78 Å². The molecule has 30 heavy (non-hydrogen) atoms. The van der Waals surface area contributed by atoms with Gasteiger partial charge in [0, 0.05) is 23.7 Å². The monoisotopic (exact) mass is 410 g/mol. The van der Waals surface area contributed by atoms with Gasteiger partial charge in [-0.2, -0.15) is 0 Å². The van der Waals surface area contributed by atoms with Crippen molar-refractivity contribution in [2.24, 2.45) is 0 Å². The Kier molecular flexibility index (Phi) is 6.46. The molecular weight excluding hydrogens is 380 g/mol. The molecular formula is C24H30N2O4. The second kappa shape index (κ2) is 8.88. The van der Waals surface area contributed by atoms with Crippen LogP contribution in [0.4, 0.5) is 10.5 Å². The molecule has 0 radical (unpaired) electrons. The fourth-order valence-corrected chi connectivity index (χ4v) is 4.15. The van der Waals surface area contributed by atoms with E-state index in [1.54, 1.807) is 0 Å². The molecule has 0 saturated carbocycles. The Morgan fingerprint density at radius 2 is 1.83 bits per heavy atom. The number of carbonyl (C=O) groups is 2. The number of benzene rings is 2. The number of aliphatic hydroxyl groups is 1. The van der Waals surface area contributed by atoms with Crippen molar-refractivity contribution in [1.29, 1.82) is 0 Å². The van der Waals surface area contributed by atoms with Crippen LogP contribution >= 0.6 is 0 Å². The van der Waals surface area contributed by atoms with E-state index >= 15 is 0 Å². The van der Waals surface area contributed by atoms with Crippen LogP contribution in [0, 0.1) is 13.8 Å². The fourth-order valence-electron chi connectivity index (χ4n) is 4.15. The van der Waals surface area contributed by atoms with Crippen molar-refractivity contribution >= 4 is 17.5 Å². The van der Waals surface area contributed by atoms with Crippen LogP contribution in [0.15, 0.2) is 24.3 Å². The number of aliphatic hydroxyl groups excluding tert-OH is 1. The fraction of sp³-hybridized carbons (Fsp3) is 0.417. The first-order chi connectivity index (χ1) is 14.3. The zero-order valence-corrected chi connectivity index (χ0v) is 18.3. The normalized spacial score (nSPS) is 15.0. The lowest BCUT2D eigenvalue weighted by Gasteiger charge is -2.21. The Labute approximate surface area is 177 Å². The van der Waals surface area contributed by atoms with E-state index in [1.807, 2.05) is 13.8 Å². The van der Waals surface area contributed by atoms with Crippen LogP contribution in [0.3, 0.4) is 0 Å². The summed E-state index contributed by atoms with van der Waals surface area (Å²) in [5.41, 5.74) is 6.04. The van der Waals surface area contributed by atoms with Gasteiger partial charge in [0.2, 0.25) is 0 Å². The first kappa shape index (κ1) is 21.8. The van der Waals surface area contributed by atoms with E-state index in [2.05, 4.69) is 48.7 Å². The summed E-state index contributed by atoms with van der Waals surface area (Å²) in [6, 6.07) is 8.09. The maximum atomic E-state index is 12.5. The van der Waals surface area contributed by atoms with Gasteiger partial charge in [0.1, 0.15) is 5.75 Å². The number of urea groups is 1. The minimum Gasteiger partial charge on any atom is -0.491 e. The number of fused-ring (bicyclic) bond motifs is 1. The van der Waals surface area contributed by atoms with Gasteiger partial charge in [-0.1, -0.05) is 38.1 Å². The molecule has 1 heterocycles. The number of ketones is 1. The van der Waals surface area contributed by atoms with E-state index in [4.69, 9.17) is 9.84 Å². The van der Waals surface area contributed by atoms with Crippen molar-refractivity contribution in [2.75, 3.05) is 25.1 Å². The maximum absolute atomic E-state index is 12.5. The Hall–Kier alpha value is -2.86. The van der Waals surface area contributed by atoms with E-state index in [0.717, 1.165) is 16.7 Å². The lowest BCUT2D eigenvalue weighted by atomic mass is 9.85. The number of rotatable bonds is 6. The first-order valence-electron chi connectivity index (χ1n) is 10.3. The number of nitrogens with one attached hydrogen (secondary N) is 2. The summed E-state index contributed by atoms with van der Waals surface area (Å²) in [5, 5.41) is 14.4. The second-order valence-corrected chi connectivity index (χ2v) is 8.09. The zero-order chi connectivity index (χ0) is 22.0. The van der Waals surface area contributed by atoms with E-state index in [0.29, 0.717) is 35.1 Å². The van der Waals surface area contributed by atoms with Gasteiger partial charge in [-0.25, -0.2) is 4.79 Å². The number of carbonyl (C=O) groups excluding carboxylic acids is 2. The van der Waals surface area contributed by atoms with Gasteiger partial charge >= 0.3 is 6.03 Å². The van der Waals surface area contributed by atoms with E-state index in [9.17, 15) is 9.59 Å². The van der Waals surface area contributed by atoms with Gasteiger partial charge in [-0.15, -0.1) is 0 Å².